The number of nitrogens with one attached hydrogen (secondary N) is 1. The number of nitrogens with zero attached hydrogens (tertiary/aromatic N) is 2. The lowest BCUT2D eigenvalue weighted by atomic mass is 10.3. The Kier molecular flexibility index (Phi) is 5.00. The summed E-state index contributed by atoms with van der Waals surface area (Å²) >= 11 is 5.61. The molecule has 0 aliphatic heterocycles. The second-order valence-electron chi connectivity index (χ2n) is 2.87. The lowest BCUT2D eigenvalue weighted by Gasteiger charge is -2.03. The molecule has 15 heavy (non-hydrogen) atoms. The van der Waals surface area contributed by atoms with Crippen molar-refractivity contribution in [1.82, 2.24) is 9.97 Å². The summed E-state index contributed by atoms with van der Waals surface area (Å²) in [6.07, 6.45) is 3.92. The van der Waals surface area contributed by atoms with Crippen molar-refractivity contribution in [2.75, 3.05) is 19.0 Å². The van der Waals surface area contributed by atoms with Gasteiger partial charge in [-0.1, -0.05) is 11.6 Å². The van der Waals surface area contributed by atoms with E-state index < -0.39 is 0 Å². The third-order valence-corrected chi connectivity index (χ3v) is 1.81. The molecule has 0 saturated carbocycles. The number of anilines is 1. The molecule has 1 rings (SSSR count). The molecule has 0 radical (unpaired) electrons. The molecular formula is C9H12ClN3O2. The minimum atomic E-state index is -0.122. The molecule has 82 valence electrons. The maximum Gasteiger partial charge on any atom is 0.225 e. The Labute approximate surface area is 92.8 Å². The summed E-state index contributed by atoms with van der Waals surface area (Å²) in [5.41, 5.74) is 0. The number of rotatable bonds is 5. The molecule has 0 spiro atoms. The highest BCUT2D eigenvalue weighted by Gasteiger charge is 2.03. The van der Waals surface area contributed by atoms with Gasteiger partial charge >= 0.3 is 0 Å². The molecule has 1 aromatic heterocycles. The fourth-order valence-electron chi connectivity index (χ4n) is 0.985. The fourth-order valence-corrected chi connectivity index (χ4v) is 1.13. The van der Waals surface area contributed by atoms with Crippen LogP contribution in [0.2, 0.25) is 5.15 Å². The molecule has 0 unspecified atom stereocenters. The van der Waals surface area contributed by atoms with Gasteiger partial charge in [0, 0.05) is 20.1 Å². The van der Waals surface area contributed by atoms with Crippen molar-refractivity contribution in [3.8, 4) is 0 Å². The standard InChI is InChI=1S/C9H12ClN3O2/c1-15-4-2-3-9(14)13-8-6-11-5-7(10)12-8/h5-6H,2-4H2,1H3,(H,12,13,14). The molecule has 0 atom stereocenters. The summed E-state index contributed by atoms with van der Waals surface area (Å²) in [6, 6.07) is 0. The quantitative estimate of drug-likeness (QED) is 0.777. The molecule has 6 heteroatoms. The van der Waals surface area contributed by atoms with Crippen LogP contribution in [-0.4, -0.2) is 29.6 Å². The molecular weight excluding hydrogens is 218 g/mol. The molecule has 0 aliphatic rings. The first-order valence-electron chi connectivity index (χ1n) is 4.48. The summed E-state index contributed by atoms with van der Waals surface area (Å²) in [7, 11) is 1.60. The van der Waals surface area contributed by atoms with Gasteiger partial charge in [-0.25, -0.2) is 4.98 Å². The zero-order chi connectivity index (χ0) is 11.1. The number of hydrogen-bond donors (Lipinski definition) is 1. The summed E-state index contributed by atoms with van der Waals surface area (Å²) in [4.78, 5) is 19.0. The molecule has 5 nitrogen and oxygen atoms in total. The van der Waals surface area contributed by atoms with Crippen molar-refractivity contribution in [2.45, 2.75) is 12.8 Å². The van der Waals surface area contributed by atoms with E-state index in [0.29, 0.717) is 25.3 Å². The van der Waals surface area contributed by atoms with E-state index >= 15 is 0 Å². The summed E-state index contributed by atoms with van der Waals surface area (Å²) in [5, 5.41) is 2.84. The van der Waals surface area contributed by atoms with Crippen LogP contribution in [0.25, 0.3) is 0 Å². The van der Waals surface area contributed by atoms with Gasteiger partial charge in [-0.3, -0.25) is 9.78 Å². The Balaban J connectivity index is 2.37. The van der Waals surface area contributed by atoms with Gasteiger partial charge in [0.2, 0.25) is 5.91 Å². The molecule has 1 amide bonds. The number of aromatic nitrogens is 2. The van der Waals surface area contributed by atoms with E-state index in [4.69, 9.17) is 16.3 Å². The molecule has 1 N–H and O–H groups in total. The van der Waals surface area contributed by atoms with Gasteiger partial charge in [0.1, 0.15) is 5.15 Å². The summed E-state index contributed by atoms with van der Waals surface area (Å²) in [5.74, 6) is 0.244. The van der Waals surface area contributed by atoms with Crippen LogP contribution in [0.4, 0.5) is 5.82 Å². The number of carbonyl (C=O) groups excluding carboxylic acids is 1. The normalized spacial score (nSPS) is 10.0. The molecule has 0 fully saturated rings. The minimum absolute atomic E-state index is 0.122. The zero-order valence-electron chi connectivity index (χ0n) is 8.36. The highest BCUT2D eigenvalue weighted by Crippen LogP contribution is 2.07. The van der Waals surface area contributed by atoms with E-state index in [2.05, 4.69) is 15.3 Å². The van der Waals surface area contributed by atoms with Crippen molar-refractivity contribution < 1.29 is 9.53 Å². The Hall–Kier alpha value is -1.20. The van der Waals surface area contributed by atoms with Gasteiger partial charge < -0.3 is 10.1 Å². The first-order chi connectivity index (χ1) is 7.22. The SMILES string of the molecule is COCCCC(=O)Nc1cncc(Cl)n1. The van der Waals surface area contributed by atoms with Gasteiger partial charge in [-0.05, 0) is 6.42 Å². The van der Waals surface area contributed by atoms with Gasteiger partial charge in [0.05, 0.1) is 12.4 Å². The number of carbonyl (C=O) groups is 1. The highest BCUT2D eigenvalue weighted by atomic mass is 35.5. The fraction of sp³-hybridized carbons (Fsp3) is 0.444. The van der Waals surface area contributed by atoms with Crippen molar-refractivity contribution in [3.63, 3.8) is 0 Å². The molecule has 0 aromatic carbocycles. The number of methoxy groups -OCH3 is 1. The average Bonchev–Trinajstić information content (AvgIpc) is 2.18. The highest BCUT2D eigenvalue weighted by molar-refractivity contribution is 6.29. The first-order valence-corrected chi connectivity index (χ1v) is 4.86. The van der Waals surface area contributed by atoms with Crippen LogP contribution in [0.3, 0.4) is 0 Å². The predicted molar refractivity (Wildman–Crippen MR) is 56.8 cm³/mol. The second-order valence-corrected chi connectivity index (χ2v) is 3.26. The Morgan fingerprint density at radius 2 is 2.40 bits per heavy atom. The number of halogens is 1. The number of ether oxygens (including phenoxy) is 1. The third kappa shape index (κ3) is 4.71. The van der Waals surface area contributed by atoms with E-state index in [9.17, 15) is 4.79 Å². The van der Waals surface area contributed by atoms with E-state index in [1.165, 1.54) is 12.4 Å². The van der Waals surface area contributed by atoms with Crippen molar-refractivity contribution in [2.24, 2.45) is 0 Å². The Bertz CT molecular complexity index is 333. The van der Waals surface area contributed by atoms with Crippen LogP contribution in [0.15, 0.2) is 12.4 Å². The second kappa shape index (κ2) is 6.31. The maximum atomic E-state index is 11.3. The lowest BCUT2D eigenvalue weighted by Crippen LogP contribution is -2.13. The van der Waals surface area contributed by atoms with Crippen LogP contribution in [-0.2, 0) is 9.53 Å². The number of hydrogen-bond acceptors (Lipinski definition) is 4. The van der Waals surface area contributed by atoms with Crippen molar-refractivity contribution in [3.05, 3.63) is 17.5 Å². The molecule has 1 aromatic rings. The lowest BCUT2D eigenvalue weighted by molar-refractivity contribution is -0.116. The average molecular weight is 230 g/mol. The van der Waals surface area contributed by atoms with Crippen molar-refractivity contribution in [1.29, 1.82) is 0 Å². The van der Waals surface area contributed by atoms with Gasteiger partial charge in [-0.2, -0.15) is 0 Å². The van der Waals surface area contributed by atoms with E-state index in [1.54, 1.807) is 7.11 Å². The predicted octanol–water partition coefficient (Wildman–Crippen LogP) is 1.50. The maximum absolute atomic E-state index is 11.3. The third-order valence-electron chi connectivity index (χ3n) is 1.62. The molecule has 0 bridgehead atoms. The van der Waals surface area contributed by atoms with Crippen LogP contribution in [0.1, 0.15) is 12.8 Å². The largest absolute Gasteiger partial charge is 0.385 e. The smallest absolute Gasteiger partial charge is 0.225 e. The monoisotopic (exact) mass is 229 g/mol. The molecule has 1 heterocycles. The Morgan fingerprint density at radius 1 is 1.60 bits per heavy atom. The molecule has 0 saturated heterocycles. The zero-order valence-corrected chi connectivity index (χ0v) is 9.12. The topological polar surface area (TPSA) is 64.1 Å². The van der Waals surface area contributed by atoms with Crippen LogP contribution >= 0.6 is 11.6 Å². The van der Waals surface area contributed by atoms with Crippen molar-refractivity contribution >= 4 is 23.3 Å². The van der Waals surface area contributed by atoms with E-state index in [1.807, 2.05) is 0 Å². The van der Waals surface area contributed by atoms with Crippen LogP contribution < -0.4 is 5.32 Å². The number of amides is 1. The first kappa shape index (κ1) is 11.9. The van der Waals surface area contributed by atoms with Gasteiger partial charge in [-0.15, -0.1) is 0 Å². The summed E-state index contributed by atoms with van der Waals surface area (Å²) in [6.45, 7) is 0.564. The summed E-state index contributed by atoms with van der Waals surface area (Å²) < 4.78 is 4.83. The van der Waals surface area contributed by atoms with Gasteiger partial charge in [0.25, 0.3) is 0 Å². The van der Waals surface area contributed by atoms with Crippen LogP contribution in [0, 0.1) is 0 Å². The van der Waals surface area contributed by atoms with E-state index in [0.717, 1.165) is 0 Å². The minimum Gasteiger partial charge on any atom is -0.385 e. The van der Waals surface area contributed by atoms with Crippen LogP contribution in [0.5, 0.6) is 0 Å². The van der Waals surface area contributed by atoms with Gasteiger partial charge in [0.15, 0.2) is 5.82 Å². The van der Waals surface area contributed by atoms with E-state index in [-0.39, 0.29) is 11.1 Å². The molecule has 0 aliphatic carbocycles. The Morgan fingerprint density at radius 3 is 3.07 bits per heavy atom.